The number of para-hydroxylation sites is 1. The molecule has 0 radical (unpaired) electrons. The van der Waals surface area contributed by atoms with Crippen molar-refractivity contribution in [2.45, 2.75) is 26.1 Å². The van der Waals surface area contributed by atoms with Crippen LogP contribution < -0.4 is 10.1 Å². The molecule has 1 N–H and O–H groups in total. The van der Waals surface area contributed by atoms with E-state index in [2.05, 4.69) is 5.32 Å². The van der Waals surface area contributed by atoms with E-state index in [0.29, 0.717) is 20.8 Å². The van der Waals surface area contributed by atoms with Crippen LogP contribution in [0.15, 0.2) is 72.8 Å². The number of carbonyl (C=O) groups excluding carboxylic acids is 2. The Labute approximate surface area is 208 Å². The number of amides is 2. The van der Waals surface area contributed by atoms with E-state index in [1.165, 1.54) is 4.90 Å². The van der Waals surface area contributed by atoms with Crippen molar-refractivity contribution in [2.24, 2.45) is 0 Å². The van der Waals surface area contributed by atoms with Crippen molar-refractivity contribution in [2.75, 3.05) is 6.61 Å². The van der Waals surface area contributed by atoms with Gasteiger partial charge in [-0.1, -0.05) is 77.3 Å². The summed E-state index contributed by atoms with van der Waals surface area (Å²) in [5.74, 6) is -0.268. The summed E-state index contributed by atoms with van der Waals surface area (Å²) in [5.41, 5.74) is 1.62. The molecule has 8 heteroatoms. The summed E-state index contributed by atoms with van der Waals surface area (Å²) in [4.78, 5) is 27.5. The molecule has 0 aliphatic rings. The molecule has 3 aromatic carbocycles. The van der Waals surface area contributed by atoms with Crippen LogP contribution in [-0.4, -0.2) is 29.4 Å². The molecule has 0 aromatic heterocycles. The second-order valence-electron chi connectivity index (χ2n) is 7.35. The highest BCUT2D eigenvalue weighted by molar-refractivity contribution is 6.32. The Balaban J connectivity index is 1.72. The Morgan fingerprint density at radius 2 is 1.55 bits per heavy atom. The molecule has 1 unspecified atom stereocenters. The van der Waals surface area contributed by atoms with Gasteiger partial charge >= 0.3 is 0 Å². The van der Waals surface area contributed by atoms with Gasteiger partial charge in [0.2, 0.25) is 5.91 Å². The fourth-order valence-corrected chi connectivity index (χ4v) is 3.64. The second kappa shape index (κ2) is 11.9. The molecule has 33 heavy (non-hydrogen) atoms. The molecular formula is C25H23Cl3N2O3. The van der Waals surface area contributed by atoms with Crippen LogP contribution in [0.1, 0.15) is 18.1 Å². The SMILES string of the molecule is CC(C(=O)NCc1ccccc1Cl)N(Cc1ccc(Cl)cc1)C(=O)COc1ccccc1Cl. The topological polar surface area (TPSA) is 58.6 Å². The first kappa shape index (κ1) is 24.9. The zero-order valence-electron chi connectivity index (χ0n) is 17.9. The van der Waals surface area contributed by atoms with Gasteiger partial charge in [-0.3, -0.25) is 9.59 Å². The Bertz CT molecular complexity index is 1110. The summed E-state index contributed by atoms with van der Waals surface area (Å²) in [5, 5.41) is 4.41. The highest BCUT2D eigenvalue weighted by Gasteiger charge is 2.26. The van der Waals surface area contributed by atoms with Gasteiger partial charge < -0.3 is 15.0 Å². The maximum Gasteiger partial charge on any atom is 0.261 e. The monoisotopic (exact) mass is 504 g/mol. The van der Waals surface area contributed by atoms with E-state index in [1.54, 1.807) is 49.4 Å². The van der Waals surface area contributed by atoms with Crippen molar-refractivity contribution in [3.63, 3.8) is 0 Å². The number of hydrogen-bond acceptors (Lipinski definition) is 3. The summed E-state index contributed by atoms with van der Waals surface area (Å²) in [7, 11) is 0. The van der Waals surface area contributed by atoms with Crippen LogP contribution in [0.2, 0.25) is 15.1 Å². The number of nitrogens with zero attached hydrogens (tertiary/aromatic N) is 1. The third-order valence-corrected chi connectivity index (χ3v) is 5.97. The van der Waals surface area contributed by atoms with Gasteiger partial charge in [-0.2, -0.15) is 0 Å². The lowest BCUT2D eigenvalue weighted by Gasteiger charge is -2.29. The van der Waals surface area contributed by atoms with Gasteiger partial charge in [-0.05, 0) is 48.4 Å². The number of nitrogens with one attached hydrogen (secondary N) is 1. The van der Waals surface area contributed by atoms with Gasteiger partial charge in [0.1, 0.15) is 11.8 Å². The van der Waals surface area contributed by atoms with Gasteiger partial charge in [-0.25, -0.2) is 0 Å². The summed E-state index contributed by atoms with van der Waals surface area (Å²) in [6.45, 7) is 1.87. The lowest BCUT2D eigenvalue weighted by atomic mass is 10.1. The van der Waals surface area contributed by atoms with E-state index in [4.69, 9.17) is 39.5 Å². The van der Waals surface area contributed by atoms with E-state index in [0.717, 1.165) is 11.1 Å². The van der Waals surface area contributed by atoms with E-state index in [1.807, 2.05) is 30.3 Å². The Kier molecular flexibility index (Phi) is 9.01. The maximum atomic E-state index is 13.1. The van der Waals surface area contributed by atoms with Crippen LogP contribution >= 0.6 is 34.8 Å². The predicted octanol–water partition coefficient (Wildman–Crippen LogP) is 5.76. The van der Waals surface area contributed by atoms with Crippen LogP contribution in [0.3, 0.4) is 0 Å². The van der Waals surface area contributed by atoms with Gasteiger partial charge in [0, 0.05) is 23.1 Å². The molecule has 2 amide bonds. The molecule has 172 valence electrons. The average molecular weight is 506 g/mol. The molecule has 1 atom stereocenters. The van der Waals surface area contributed by atoms with Crippen molar-refractivity contribution in [1.29, 1.82) is 0 Å². The molecule has 0 saturated carbocycles. The van der Waals surface area contributed by atoms with Gasteiger partial charge in [-0.15, -0.1) is 0 Å². The van der Waals surface area contributed by atoms with E-state index < -0.39 is 6.04 Å². The minimum atomic E-state index is -0.759. The smallest absolute Gasteiger partial charge is 0.261 e. The minimum Gasteiger partial charge on any atom is -0.482 e. The molecule has 0 spiro atoms. The molecule has 0 bridgehead atoms. The Morgan fingerprint density at radius 1 is 0.909 bits per heavy atom. The molecule has 0 fully saturated rings. The number of halogens is 3. The van der Waals surface area contributed by atoms with E-state index in [9.17, 15) is 9.59 Å². The Hall–Kier alpha value is -2.73. The molecule has 0 aliphatic heterocycles. The molecule has 3 aromatic rings. The van der Waals surface area contributed by atoms with Gasteiger partial charge in [0.05, 0.1) is 5.02 Å². The second-order valence-corrected chi connectivity index (χ2v) is 8.60. The fourth-order valence-electron chi connectivity index (χ4n) is 3.13. The van der Waals surface area contributed by atoms with Crippen LogP contribution in [0.5, 0.6) is 5.75 Å². The zero-order chi connectivity index (χ0) is 23.8. The van der Waals surface area contributed by atoms with Crippen LogP contribution in [-0.2, 0) is 22.7 Å². The highest BCUT2D eigenvalue weighted by atomic mass is 35.5. The molecule has 0 saturated heterocycles. The number of rotatable bonds is 9. The van der Waals surface area contributed by atoms with Crippen LogP contribution in [0, 0.1) is 0 Å². The molecular weight excluding hydrogens is 483 g/mol. The lowest BCUT2D eigenvalue weighted by Crippen LogP contribution is -2.48. The standard InChI is InChI=1S/C25H23Cl3N2O3/c1-17(25(32)29-14-19-6-2-3-7-21(19)27)30(15-18-10-12-20(26)13-11-18)24(31)16-33-23-9-5-4-8-22(23)28/h2-13,17H,14-16H2,1H3,(H,29,32). The Morgan fingerprint density at radius 3 is 2.21 bits per heavy atom. The van der Waals surface area contributed by atoms with Gasteiger partial charge in [0.25, 0.3) is 5.91 Å². The largest absolute Gasteiger partial charge is 0.482 e. The lowest BCUT2D eigenvalue weighted by molar-refractivity contribution is -0.142. The highest BCUT2D eigenvalue weighted by Crippen LogP contribution is 2.23. The predicted molar refractivity (Wildman–Crippen MR) is 132 cm³/mol. The number of hydrogen-bond donors (Lipinski definition) is 1. The number of ether oxygens (including phenoxy) is 1. The van der Waals surface area contributed by atoms with Crippen molar-refractivity contribution < 1.29 is 14.3 Å². The zero-order valence-corrected chi connectivity index (χ0v) is 20.2. The van der Waals surface area contributed by atoms with Crippen LogP contribution in [0.4, 0.5) is 0 Å². The van der Waals surface area contributed by atoms with E-state index >= 15 is 0 Å². The van der Waals surface area contributed by atoms with Crippen molar-refractivity contribution >= 4 is 46.6 Å². The quantitative estimate of drug-likeness (QED) is 0.402. The third-order valence-electron chi connectivity index (χ3n) is 5.03. The fraction of sp³-hybridized carbons (Fsp3) is 0.200. The first-order valence-electron chi connectivity index (χ1n) is 10.3. The first-order valence-corrected chi connectivity index (χ1v) is 11.4. The number of benzene rings is 3. The minimum absolute atomic E-state index is 0.211. The maximum absolute atomic E-state index is 13.1. The number of carbonyl (C=O) groups is 2. The third kappa shape index (κ3) is 7.13. The van der Waals surface area contributed by atoms with Crippen molar-refractivity contribution in [3.8, 4) is 5.75 Å². The van der Waals surface area contributed by atoms with Crippen molar-refractivity contribution in [1.82, 2.24) is 10.2 Å². The molecule has 0 heterocycles. The summed E-state index contributed by atoms with van der Waals surface area (Å²) in [6.07, 6.45) is 0. The van der Waals surface area contributed by atoms with Crippen molar-refractivity contribution in [3.05, 3.63) is 99.0 Å². The summed E-state index contributed by atoms with van der Waals surface area (Å²) >= 11 is 18.3. The molecule has 0 aliphatic carbocycles. The molecule has 5 nitrogen and oxygen atoms in total. The normalized spacial score (nSPS) is 11.5. The summed E-state index contributed by atoms with van der Waals surface area (Å²) < 4.78 is 5.62. The summed E-state index contributed by atoms with van der Waals surface area (Å²) in [6, 6.07) is 20.5. The molecule has 3 rings (SSSR count). The average Bonchev–Trinajstić information content (AvgIpc) is 2.82. The first-order chi connectivity index (χ1) is 15.8. The van der Waals surface area contributed by atoms with Gasteiger partial charge in [0.15, 0.2) is 6.61 Å². The van der Waals surface area contributed by atoms with Crippen LogP contribution in [0.25, 0.3) is 0 Å². The van der Waals surface area contributed by atoms with E-state index in [-0.39, 0.29) is 31.5 Å².